The monoisotopic (exact) mass is 293 g/mol. The Labute approximate surface area is 123 Å². The van der Waals surface area contributed by atoms with Crippen LogP contribution in [0.15, 0.2) is 24.3 Å². The maximum Gasteiger partial charge on any atom is 0.243 e. The van der Waals surface area contributed by atoms with Crippen molar-refractivity contribution < 1.29 is 14.0 Å². The number of rotatable bonds is 5. The average Bonchev–Trinajstić information content (AvgIpc) is 2.35. The number of nitrogens with zero attached hydrogens (tertiary/aromatic N) is 1. The molecule has 1 heterocycles. The molecule has 0 aromatic heterocycles. The Hall–Kier alpha value is -1.95. The molecule has 0 bridgehead atoms. The second-order valence-electron chi connectivity index (χ2n) is 5.46. The number of hydrogen-bond acceptors (Lipinski definition) is 3. The molecule has 6 heteroatoms. The molecule has 21 heavy (non-hydrogen) atoms. The summed E-state index contributed by atoms with van der Waals surface area (Å²) in [7, 11) is 1.61. The van der Waals surface area contributed by atoms with Gasteiger partial charge in [0.1, 0.15) is 5.82 Å². The third-order valence-electron chi connectivity index (χ3n) is 3.78. The number of carbonyl (C=O) groups is 2. The van der Waals surface area contributed by atoms with Gasteiger partial charge < -0.3 is 15.5 Å². The van der Waals surface area contributed by atoms with Crippen molar-refractivity contribution in [2.75, 3.05) is 32.0 Å². The highest BCUT2D eigenvalue weighted by atomic mass is 19.1. The smallest absolute Gasteiger partial charge is 0.243 e. The van der Waals surface area contributed by atoms with Gasteiger partial charge in [-0.3, -0.25) is 9.59 Å². The Kier molecular flexibility index (Phi) is 4.90. The molecular formula is C15H20FN3O2. The van der Waals surface area contributed by atoms with Crippen molar-refractivity contribution in [3.63, 3.8) is 0 Å². The standard InChI is InChI=1S/C15H20FN3O2/c1-10(11-7-17-8-11)15(21)19(2)9-14(20)18-13-5-3-4-12(16)6-13/h3-6,10-11,17H,7-9H2,1-2H3,(H,18,20). The van der Waals surface area contributed by atoms with Gasteiger partial charge in [-0.05, 0) is 37.2 Å². The fraction of sp³-hybridized carbons (Fsp3) is 0.467. The van der Waals surface area contributed by atoms with E-state index in [9.17, 15) is 14.0 Å². The summed E-state index contributed by atoms with van der Waals surface area (Å²) >= 11 is 0. The van der Waals surface area contributed by atoms with Crippen molar-refractivity contribution in [1.29, 1.82) is 0 Å². The number of amides is 2. The van der Waals surface area contributed by atoms with Crippen LogP contribution in [0, 0.1) is 17.7 Å². The van der Waals surface area contributed by atoms with Crippen LogP contribution in [-0.4, -0.2) is 43.4 Å². The fourth-order valence-corrected chi connectivity index (χ4v) is 2.27. The first-order valence-corrected chi connectivity index (χ1v) is 6.98. The molecule has 0 spiro atoms. The summed E-state index contributed by atoms with van der Waals surface area (Å²) in [4.78, 5) is 25.5. The van der Waals surface area contributed by atoms with Crippen LogP contribution in [0.5, 0.6) is 0 Å². The number of nitrogens with one attached hydrogen (secondary N) is 2. The van der Waals surface area contributed by atoms with E-state index in [2.05, 4.69) is 10.6 Å². The zero-order chi connectivity index (χ0) is 15.4. The minimum absolute atomic E-state index is 0.0418. The zero-order valence-corrected chi connectivity index (χ0v) is 12.2. The van der Waals surface area contributed by atoms with Crippen molar-refractivity contribution in [1.82, 2.24) is 10.2 Å². The van der Waals surface area contributed by atoms with E-state index in [1.807, 2.05) is 6.92 Å². The normalized spacial score (nSPS) is 16.0. The van der Waals surface area contributed by atoms with Crippen LogP contribution >= 0.6 is 0 Å². The minimum Gasteiger partial charge on any atom is -0.336 e. The summed E-state index contributed by atoms with van der Waals surface area (Å²) in [6.45, 7) is 3.53. The van der Waals surface area contributed by atoms with Crippen molar-refractivity contribution in [3.05, 3.63) is 30.1 Å². The molecule has 2 amide bonds. The van der Waals surface area contributed by atoms with E-state index in [1.54, 1.807) is 13.1 Å². The zero-order valence-electron chi connectivity index (χ0n) is 12.2. The Bertz CT molecular complexity index is 531. The van der Waals surface area contributed by atoms with Gasteiger partial charge in [0.25, 0.3) is 0 Å². The number of carbonyl (C=O) groups excluding carboxylic acids is 2. The van der Waals surface area contributed by atoms with Gasteiger partial charge in [0.2, 0.25) is 11.8 Å². The Morgan fingerprint density at radius 1 is 1.48 bits per heavy atom. The molecule has 114 valence electrons. The molecule has 1 atom stereocenters. The maximum atomic E-state index is 13.0. The largest absolute Gasteiger partial charge is 0.336 e. The van der Waals surface area contributed by atoms with E-state index in [0.717, 1.165) is 13.1 Å². The van der Waals surface area contributed by atoms with Crippen LogP contribution < -0.4 is 10.6 Å². The lowest BCUT2D eigenvalue weighted by Crippen LogP contribution is -2.50. The van der Waals surface area contributed by atoms with Crippen molar-refractivity contribution in [2.45, 2.75) is 6.92 Å². The first-order chi connectivity index (χ1) is 9.97. The summed E-state index contributed by atoms with van der Waals surface area (Å²) in [6, 6.07) is 5.67. The van der Waals surface area contributed by atoms with Crippen molar-refractivity contribution in [3.8, 4) is 0 Å². The van der Waals surface area contributed by atoms with Crippen molar-refractivity contribution in [2.24, 2.45) is 11.8 Å². The Morgan fingerprint density at radius 2 is 2.19 bits per heavy atom. The molecule has 0 saturated carbocycles. The average molecular weight is 293 g/mol. The Morgan fingerprint density at radius 3 is 2.76 bits per heavy atom. The lowest BCUT2D eigenvalue weighted by Gasteiger charge is -2.33. The first-order valence-electron chi connectivity index (χ1n) is 6.98. The van der Waals surface area contributed by atoms with Gasteiger partial charge in [-0.15, -0.1) is 0 Å². The molecule has 1 saturated heterocycles. The lowest BCUT2D eigenvalue weighted by atomic mass is 9.88. The molecule has 1 aliphatic rings. The second kappa shape index (κ2) is 6.67. The minimum atomic E-state index is -0.414. The van der Waals surface area contributed by atoms with Gasteiger partial charge >= 0.3 is 0 Å². The number of likely N-dealkylation sites (N-methyl/N-ethyl adjacent to an activating group) is 1. The van der Waals surface area contributed by atoms with Gasteiger partial charge in [-0.2, -0.15) is 0 Å². The second-order valence-corrected chi connectivity index (χ2v) is 5.46. The predicted octanol–water partition coefficient (Wildman–Crippen LogP) is 1.08. The number of hydrogen-bond donors (Lipinski definition) is 2. The van der Waals surface area contributed by atoms with Crippen LogP contribution in [0.4, 0.5) is 10.1 Å². The third kappa shape index (κ3) is 4.01. The van der Waals surface area contributed by atoms with E-state index in [1.165, 1.54) is 23.1 Å². The fourth-order valence-electron chi connectivity index (χ4n) is 2.27. The van der Waals surface area contributed by atoms with E-state index in [4.69, 9.17) is 0 Å². The molecule has 0 radical (unpaired) electrons. The van der Waals surface area contributed by atoms with E-state index >= 15 is 0 Å². The maximum absolute atomic E-state index is 13.0. The third-order valence-corrected chi connectivity index (χ3v) is 3.78. The molecule has 2 rings (SSSR count). The molecule has 1 aromatic rings. The molecule has 2 N–H and O–H groups in total. The quantitative estimate of drug-likeness (QED) is 0.854. The van der Waals surface area contributed by atoms with E-state index in [0.29, 0.717) is 11.6 Å². The van der Waals surface area contributed by atoms with Gasteiger partial charge in [0.05, 0.1) is 6.54 Å². The van der Waals surface area contributed by atoms with E-state index in [-0.39, 0.29) is 24.3 Å². The summed E-state index contributed by atoms with van der Waals surface area (Å²) in [5.74, 6) is -0.556. The molecule has 0 aliphatic carbocycles. The van der Waals surface area contributed by atoms with Crippen LogP contribution in [-0.2, 0) is 9.59 Å². The summed E-state index contributed by atoms with van der Waals surface area (Å²) in [5, 5.41) is 5.71. The number of anilines is 1. The van der Waals surface area contributed by atoms with Crippen LogP contribution in [0.1, 0.15) is 6.92 Å². The molecule has 1 aliphatic heterocycles. The first kappa shape index (κ1) is 15.4. The summed E-state index contributed by atoms with van der Waals surface area (Å²) < 4.78 is 13.0. The van der Waals surface area contributed by atoms with Crippen molar-refractivity contribution >= 4 is 17.5 Å². The topological polar surface area (TPSA) is 61.4 Å². The summed E-state index contributed by atoms with van der Waals surface area (Å²) in [6.07, 6.45) is 0. The van der Waals surface area contributed by atoms with Gasteiger partial charge in [-0.25, -0.2) is 4.39 Å². The molecule has 1 fully saturated rings. The lowest BCUT2D eigenvalue weighted by molar-refractivity contribution is -0.138. The molecule has 5 nitrogen and oxygen atoms in total. The van der Waals surface area contributed by atoms with Crippen LogP contribution in [0.25, 0.3) is 0 Å². The SMILES string of the molecule is CC(C(=O)N(C)CC(=O)Nc1cccc(F)c1)C1CNC1. The highest BCUT2D eigenvalue weighted by molar-refractivity contribution is 5.94. The number of halogens is 1. The van der Waals surface area contributed by atoms with Gasteiger partial charge in [0.15, 0.2) is 0 Å². The molecule has 1 aromatic carbocycles. The highest BCUT2D eigenvalue weighted by Crippen LogP contribution is 2.18. The van der Waals surface area contributed by atoms with Gasteiger partial charge in [-0.1, -0.05) is 13.0 Å². The molecule has 1 unspecified atom stereocenters. The van der Waals surface area contributed by atoms with Gasteiger partial charge in [0, 0.05) is 18.7 Å². The van der Waals surface area contributed by atoms with E-state index < -0.39 is 5.82 Å². The van der Waals surface area contributed by atoms with Crippen LogP contribution in [0.2, 0.25) is 0 Å². The van der Waals surface area contributed by atoms with Crippen LogP contribution in [0.3, 0.4) is 0 Å². The summed E-state index contributed by atoms with van der Waals surface area (Å²) in [5.41, 5.74) is 0.386. The number of benzene rings is 1. The Balaban J connectivity index is 1.85. The highest BCUT2D eigenvalue weighted by Gasteiger charge is 2.30. The molecular weight excluding hydrogens is 273 g/mol. The predicted molar refractivity (Wildman–Crippen MR) is 78.2 cm³/mol.